The lowest BCUT2D eigenvalue weighted by molar-refractivity contribution is 0.274. The largest absolute Gasteiger partial charge is 0.524 e. The fraction of sp³-hybridized carbons (Fsp3) is 0.200. The highest BCUT2D eigenvalue weighted by atomic mass is 31.2. The third kappa shape index (κ3) is 6.50. The Balaban J connectivity index is 0.000000658. The molecule has 0 aliphatic heterocycles. The Morgan fingerprint density at radius 1 is 1.03 bits per heavy atom. The summed E-state index contributed by atoms with van der Waals surface area (Å²) in [5.74, 6) is -0.517. The van der Waals surface area contributed by atoms with Crippen LogP contribution in [0, 0.1) is 0 Å². The second-order valence-corrected chi connectivity index (χ2v) is 10.2. The van der Waals surface area contributed by atoms with E-state index in [0.717, 1.165) is 17.0 Å². The first-order chi connectivity index (χ1) is 16.5. The van der Waals surface area contributed by atoms with Gasteiger partial charge in [-0.2, -0.15) is 5.10 Å². The number of fused-ring (bicyclic) bond motifs is 1. The maximum atomic E-state index is 12.6. The Bertz CT molecular complexity index is 1550. The molecule has 194 valence electrons. The van der Waals surface area contributed by atoms with Crippen LogP contribution < -0.4 is 10.2 Å². The molecule has 7 N–H and O–H groups in total. The molecule has 0 aliphatic rings. The van der Waals surface area contributed by atoms with Crippen LogP contribution in [0.25, 0.3) is 28.0 Å². The molecule has 0 atom stereocenters. The maximum Gasteiger partial charge on any atom is 0.524 e. The maximum absolute atomic E-state index is 12.6. The van der Waals surface area contributed by atoms with Gasteiger partial charge in [-0.3, -0.25) is 9.79 Å². The number of hydrogen-bond donors (Lipinski definition) is 7. The number of phosphoric ester groups is 1. The highest BCUT2D eigenvalue weighted by Gasteiger charge is 2.24. The number of H-pyrrole nitrogens is 1. The second kappa shape index (κ2) is 10.0. The molecular formula is C20H24N4O10P2. The van der Waals surface area contributed by atoms with Crippen LogP contribution in [-0.2, 0) is 16.2 Å². The molecule has 0 spiro atoms. The lowest BCUT2D eigenvalue weighted by Gasteiger charge is -2.17. The summed E-state index contributed by atoms with van der Waals surface area (Å²) in [5.41, 5.74) is 1.70. The number of hydrogen-bond acceptors (Lipinski definition) is 6. The zero-order valence-electron chi connectivity index (χ0n) is 19.2. The number of nitrogens with one attached hydrogen (secondary N) is 1. The van der Waals surface area contributed by atoms with E-state index in [0.29, 0.717) is 11.3 Å². The zero-order valence-corrected chi connectivity index (χ0v) is 21.0. The first-order valence-electron chi connectivity index (χ1n) is 10.2. The van der Waals surface area contributed by atoms with Gasteiger partial charge in [0.25, 0.3) is 0 Å². The molecule has 0 unspecified atom stereocenters. The monoisotopic (exact) mass is 542 g/mol. The zero-order chi connectivity index (χ0) is 27.0. The Morgan fingerprint density at radius 2 is 1.67 bits per heavy atom. The van der Waals surface area contributed by atoms with E-state index in [9.17, 15) is 24.3 Å². The first kappa shape index (κ1) is 27.4. The van der Waals surface area contributed by atoms with Gasteiger partial charge < -0.3 is 28.9 Å². The Hall–Kier alpha value is -3.22. The molecule has 36 heavy (non-hydrogen) atoms. The van der Waals surface area contributed by atoms with Gasteiger partial charge in [-0.25, -0.2) is 23.6 Å². The molecule has 2 aromatic carbocycles. The van der Waals surface area contributed by atoms with Gasteiger partial charge in [0.15, 0.2) is 5.82 Å². The molecule has 0 radical (unpaired) electrons. The van der Waals surface area contributed by atoms with Crippen LogP contribution >= 0.6 is 15.6 Å². The third-order valence-electron chi connectivity index (χ3n) is 5.01. The second-order valence-electron chi connectivity index (χ2n) is 8.01. The fourth-order valence-corrected chi connectivity index (χ4v) is 3.96. The van der Waals surface area contributed by atoms with Gasteiger partial charge in [0.05, 0.1) is 11.3 Å². The summed E-state index contributed by atoms with van der Waals surface area (Å²) < 4.78 is 28.2. The van der Waals surface area contributed by atoms with E-state index in [1.807, 2.05) is 49.9 Å². The summed E-state index contributed by atoms with van der Waals surface area (Å²) in [7, 11) is -7.54. The lowest BCUT2D eigenvalue weighted by Crippen LogP contribution is -2.15. The average molecular weight is 542 g/mol. The minimum Gasteiger partial charge on any atom is -0.507 e. The smallest absolute Gasteiger partial charge is 0.507 e. The molecule has 0 fully saturated rings. The standard InChI is InChI=1S/C20H21N4O6P.H3O4P/c1-11(2)14-9-15(17(25)10-18(14)30-31(27,28)29)19-21-22-20(26)24(19)13-4-5-16-12(8-13)6-7-23(16)3;1-5(2,3)4/h4-11,25H,1-3H3,(H,22,26)(H2,27,28,29);(H3,1,2,3,4). The summed E-state index contributed by atoms with van der Waals surface area (Å²) in [6.07, 6.45) is 1.91. The van der Waals surface area contributed by atoms with Crippen molar-refractivity contribution in [1.82, 2.24) is 19.3 Å². The molecular weight excluding hydrogens is 518 g/mol. The normalized spacial score (nSPS) is 12.0. The summed E-state index contributed by atoms with van der Waals surface area (Å²) in [6.45, 7) is 3.62. The van der Waals surface area contributed by atoms with Crippen molar-refractivity contribution in [3.8, 4) is 28.6 Å². The summed E-state index contributed by atoms with van der Waals surface area (Å²) in [4.78, 5) is 52.5. The molecule has 16 heteroatoms. The van der Waals surface area contributed by atoms with Gasteiger partial charge >= 0.3 is 21.3 Å². The molecule has 0 saturated heterocycles. The van der Waals surface area contributed by atoms with Crippen LogP contribution in [0.2, 0.25) is 0 Å². The number of aromatic amines is 1. The van der Waals surface area contributed by atoms with Crippen molar-refractivity contribution in [3.63, 3.8) is 0 Å². The molecule has 0 bridgehead atoms. The molecule has 2 aromatic heterocycles. The van der Waals surface area contributed by atoms with Crippen molar-refractivity contribution in [2.24, 2.45) is 7.05 Å². The van der Waals surface area contributed by atoms with Crippen molar-refractivity contribution in [1.29, 1.82) is 0 Å². The van der Waals surface area contributed by atoms with Crippen molar-refractivity contribution in [3.05, 3.63) is 58.6 Å². The van der Waals surface area contributed by atoms with Crippen LogP contribution in [-0.4, -0.2) is 48.9 Å². The predicted octanol–water partition coefficient (Wildman–Crippen LogP) is 2.09. The molecule has 2 heterocycles. The van der Waals surface area contributed by atoms with Gasteiger partial charge in [-0.15, -0.1) is 0 Å². The van der Waals surface area contributed by atoms with Crippen molar-refractivity contribution in [2.45, 2.75) is 19.8 Å². The van der Waals surface area contributed by atoms with Crippen molar-refractivity contribution < 1.29 is 43.2 Å². The topological polar surface area (TPSA) is 220 Å². The van der Waals surface area contributed by atoms with Gasteiger partial charge in [-0.05, 0) is 41.8 Å². The molecule has 0 amide bonds. The van der Waals surface area contributed by atoms with Gasteiger partial charge in [0.2, 0.25) is 0 Å². The van der Waals surface area contributed by atoms with E-state index in [4.69, 9.17) is 23.8 Å². The highest BCUT2D eigenvalue weighted by molar-refractivity contribution is 7.46. The van der Waals surface area contributed by atoms with E-state index in [1.54, 1.807) is 6.07 Å². The number of phosphoric acid groups is 2. The minimum absolute atomic E-state index is 0.139. The van der Waals surface area contributed by atoms with E-state index in [-0.39, 0.29) is 28.8 Å². The third-order valence-corrected chi connectivity index (χ3v) is 5.44. The van der Waals surface area contributed by atoms with Crippen LogP contribution in [0.5, 0.6) is 11.5 Å². The molecule has 4 rings (SSSR count). The SMILES string of the molecule is CC(C)c1cc(-c2n[nH]c(=O)n2-c2ccc3c(ccn3C)c2)c(O)cc1OP(=O)(O)O.O=P(O)(O)O. The van der Waals surface area contributed by atoms with E-state index in [1.165, 1.54) is 10.6 Å². The summed E-state index contributed by atoms with van der Waals surface area (Å²) >= 11 is 0. The van der Waals surface area contributed by atoms with E-state index in [2.05, 4.69) is 10.2 Å². The summed E-state index contributed by atoms with van der Waals surface area (Å²) in [6, 6.07) is 10.0. The first-order valence-corrected chi connectivity index (χ1v) is 13.3. The fourth-order valence-electron chi connectivity index (χ4n) is 3.55. The number of aromatic hydroxyl groups is 1. The van der Waals surface area contributed by atoms with Crippen LogP contribution in [0.15, 0.2) is 47.4 Å². The lowest BCUT2D eigenvalue weighted by atomic mass is 9.98. The van der Waals surface area contributed by atoms with Crippen LogP contribution in [0.3, 0.4) is 0 Å². The van der Waals surface area contributed by atoms with E-state index < -0.39 is 21.3 Å². The minimum atomic E-state index is -4.83. The summed E-state index contributed by atoms with van der Waals surface area (Å²) in [5, 5.41) is 18.0. The number of aryl methyl sites for hydroxylation is 1. The number of rotatable bonds is 5. The number of nitrogens with zero attached hydrogens (tertiary/aromatic N) is 3. The van der Waals surface area contributed by atoms with Crippen molar-refractivity contribution in [2.75, 3.05) is 0 Å². The van der Waals surface area contributed by atoms with Crippen LogP contribution in [0.4, 0.5) is 0 Å². The predicted molar refractivity (Wildman–Crippen MR) is 129 cm³/mol. The molecule has 14 nitrogen and oxygen atoms in total. The van der Waals surface area contributed by atoms with Gasteiger partial charge in [0.1, 0.15) is 11.5 Å². The molecule has 4 aromatic rings. The molecule has 0 aliphatic carbocycles. The van der Waals surface area contributed by atoms with Gasteiger partial charge in [0, 0.05) is 30.2 Å². The van der Waals surface area contributed by atoms with Gasteiger partial charge in [-0.1, -0.05) is 13.8 Å². The Labute approximate surface area is 203 Å². The van der Waals surface area contributed by atoms with E-state index >= 15 is 0 Å². The van der Waals surface area contributed by atoms with Crippen molar-refractivity contribution >= 4 is 26.5 Å². The Morgan fingerprint density at radius 3 is 2.25 bits per heavy atom. The Kier molecular flexibility index (Phi) is 7.63. The quantitative estimate of drug-likeness (QED) is 0.181. The number of aromatic nitrogens is 4. The number of benzene rings is 2. The highest BCUT2D eigenvalue weighted by Crippen LogP contribution is 2.45. The average Bonchev–Trinajstić information content (AvgIpc) is 3.28. The number of phenolic OH excluding ortho intramolecular Hbond substituents is 1. The van der Waals surface area contributed by atoms with Crippen LogP contribution in [0.1, 0.15) is 25.3 Å². The molecule has 0 saturated carbocycles. The number of phenols is 1.